The van der Waals surface area contributed by atoms with Crippen LogP contribution in [0, 0.1) is 10.1 Å². The highest BCUT2D eigenvalue weighted by Gasteiger charge is 2.06. The van der Waals surface area contributed by atoms with Gasteiger partial charge in [-0.2, -0.15) is 0 Å². The van der Waals surface area contributed by atoms with Crippen LogP contribution < -0.4 is 4.74 Å². The Balaban J connectivity index is 1.75. The summed E-state index contributed by atoms with van der Waals surface area (Å²) in [6.45, 7) is 0.279. The predicted molar refractivity (Wildman–Crippen MR) is 75.3 cm³/mol. The van der Waals surface area contributed by atoms with E-state index in [1.54, 1.807) is 24.3 Å². The number of benzene rings is 2. The molecule has 6 heteroatoms. The quantitative estimate of drug-likeness (QED) is 0.353. The summed E-state index contributed by atoms with van der Waals surface area (Å²) in [5.74, 6) is 0.0688. The van der Waals surface area contributed by atoms with Crippen molar-refractivity contribution in [1.82, 2.24) is 0 Å². The van der Waals surface area contributed by atoms with E-state index in [4.69, 9.17) is 9.47 Å². The third-order valence-corrected chi connectivity index (χ3v) is 2.64. The number of ether oxygens (including phenoxy) is 2. The summed E-state index contributed by atoms with van der Waals surface area (Å²) in [5.41, 5.74) is 0.477. The maximum atomic E-state index is 11.6. The second-order valence-corrected chi connectivity index (χ2v) is 4.10. The van der Waals surface area contributed by atoms with Crippen molar-refractivity contribution >= 4 is 11.7 Å². The second kappa shape index (κ2) is 7.04. The van der Waals surface area contributed by atoms with E-state index in [0.717, 1.165) is 0 Å². The highest BCUT2D eigenvalue weighted by Crippen LogP contribution is 2.17. The van der Waals surface area contributed by atoms with Crippen molar-refractivity contribution < 1.29 is 19.2 Å². The van der Waals surface area contributed by atoms with E-state index in [0.29, 0.717) is 11.3 Å². The summed E-state index contributed by atoms with van der Waals surface area (Å²) in [7, 11) is 0. The third-order valence-electron chi connectivity index (χ3n) is 2.64. The minimum Gasteiger partial charge on any atom is -0.490 e. The van der Waals surface area contributed by atoms with E-state index in [1.807, 2.05) is 6.07 Å². The summed E-state index contributed by atoms with van der Waals surface area (Å²) in [6.07, 6.45) is 0. The molecule has 0 aliphatic carbocycles. The number of nitro groups is 1. The standard InChI is InChI=1S/C15H13NO5/c17-15(12-4-2-1-3-5-12)21-11-10-20-14-8-6-13(7-9-14)16(18)19/h1-9H,10-11H2. The molecule has 108 valence electrons. The van der Waals surface area contributed by atoms with Crippen LogP contribution in [0.2, 0.25) is 0 Å². The van der Waals surface area contributed by atoms with Crippen LogP contribution in [0.1, 0.15) is 10.4 Å². The molecule has 0 fully saturated rings. The Morgan fingerprint density at radius 3 is 2.29 bits per heavy atom. The molecule has 0 aromatic heterocycles. The Morgan fingerprint density at radius 2 is 1.67 bits per heavy atom. The molecule has 0 spiro atoms. The molecule has 0 unspecified atom stereocenters. The summed E-state index contributed by atoms with van der Waals surface area (Å²) in [4.78, 5) is 21.6. The van der Waals surface area contributed by atoms with Crippen LogP contribution in [0.4, 0.5) is 5.69 Å². The number of hydrogen-bond acceptors (Lipinski definition) is 5. The Hall–Kier alpha value is -2.89. The first kappa shape index (κ1) is 14.5. The van der Waals surface area contributed by atoms with Gasteiger partial charge in [0.1, 0.15) is 19.0 Å². The normalized spacial score (nSPS) is 9.90. The summed E-state index contributed by atoms with van der Waals surface area (Å²) in [5, 5.41) is 10.5. The Morgan fingerprint density at radius 1 is 1.00 bits per heavy atom. The molecule has 0 radical (unpaired) electrons. The lowest BCUT2D eigenvalue weighted by molar-refractivity contribution is -0.384. The van der Waals surface area contributed by atoms with Crippen LogP contribution in [0.15, 0.2) is 54.6 Å². The lowest BCUT2D eigenvalue weighted by atomic mass is 10.2. The zero-order chi connectivity index (χ0) is 15.1. The van der Waals surface area contributed by atoms with E-state index < -0.39 is 10.9 Å². The zero-order valence-electron chi connectivity index (χ0n) is 11.1. The van der Waals surface area contributed by atoms with Crippen molar-refractivity contribution in [3.05, 3.63) is 70.3 Å². The molecular formula is C15H13NO5. The number of esters is 1. The molecule has 0 atom stereocenters. The van der Waals surface area contributed by atoms with Gasteiger partial charge in [-0.05, 0) is 24.3 Å². The number of nitro benzene ring substituents is 1. The van der Waals surface area contributed by atoms with Crippen LogP contribution in [0.5, 0.6) is 5.75 Å². The Bertz CT molecular complexity index is 610. The van der Waals surface area contributed by atoms with Gasteiger partial charge >= 0.3 is 5.97 Å². The third kappa shape index (κ3) is 4.31. The fourth-order valence-electron chi connectivity index (χ4n) is 1.62. The molecule has 0 saturated carbocycles. The monoisotopic (exact) mass is 287 g/mol. The van der Waals surface area contributed by atoms with Crippen molar-refractivity contribution in [1.29, 1.82) is 0 Å². The van der Waals surface area contributed by atoms with Crippen molar-refractivity contribution in [2.45, 2.75) is 0 Å². The van der Waals surface area contributed by atoms with Gasteiger partial charge in [-0.25, -0.2) is 4.79 Å². The molecule has 6 nitrogen and oxygen atoms in total. The Labute approximate surface area is 121 Å². The van der Waals surface area contributed by atoms with Crippen molar-refractivity contribution in [2.24, 2.45) is 0 Å². The van der Waals surface area contributed by atoms with Crippen LogP contribution in [0.3, 0.4) is 0 Å². The largest absolute Gasteiger partial charge is 0.490 e. The van der Waals surface area contributed by atoms with Gasteiger partial charge in [-0.15, -0.1) is 0 Å². The SMILES string of the molecule is O=C(OCCOc1ccc([N+](=O)[O-])cc1)c1ccccc1. The minimum absolute atomic E-state index is 0.00199. The lowest BCUT2D eigenvalue weighted by Gasteiger charge is -2.07. The number of hydrogen-bond donors (Lipinski definition) is 0. The van der Waals surface area contributed by atoms with Gasteiger partial charge < -0.3 is 9.47 Å². The van der Waals surface area contributed by atoms with E-state index in [9.17, 15) is 14.9 Å². The number of carbonyl (C=O) groups is 1. The molecule has 0 saturated heterocycles. The summed E-state index contributed by atoms with van der Waals surface area (Å²) in [6, 6.07) is 14.4. The zero-order valence-corrected chi connectivity index (χ0v) is 11.1. The van der Waals surface area contributed by atoms with Gasteiger partial charge in [0.25, 0.3) is 5.69 Å². The maximum Gasteiger partial charge on any atom is 0.338 e. The van der Waals surface area contributed by atoms with E-state index in [2.05, 4.69) is 0 Å². The molecular weight excluding hydrogens is 274 g/mol. The highest BCUT2D eigenvalue weighted by molar-refractivity contribution is 5.89. The molecule has 0 bridgehead atoms. The van der Waals surface area contributed by atoms with Gasteiger partial charge in [0.2, 0.25) is 0 Å². The van der Waals surface area contributed by atoms with Crippen molar-refractivity contribution in [3.8, 4) is 5.75 Å². The molecule has 2 aromatic carbocycles. The van der Waals surface area contributed by atoms with Crippen molar-refractivity contribution in [3.63, 3.8) is 0 Å². The first-order valence-electron chi connectivity index (χ1n) is 6.26. The molecule has 0 N–H and O–H groups in total. The first-order chi connectivity index (χ1) is 10.2. The molecule has 2 rings (SSSR count). The van der Waals surface area contributed by atoms with Crippen LogP contribution in [-0.4, -0.2) is 24.1 Å². The van der Waals surface area contributed by atoms with Crippen LogP contribution in [0.25, 0.3) is 0 Å². The molecule has 0 aliphatic rings. The van der Waals surface area contributed by atoms with Gasteiger partial charge in [0, 0.05) is 12.1 Å². The van der Waals surface area contributed by atoms with Gasteiger partial charge in [-0.1, -0.05) is 18.2 Å². The molecule has 0 heterocycles. The topological polar surface area (TPSA) is 78.7 Å². The smallest absolute Gasteiger partial charge is 0.338 e. The van der Waals surface area contributed by atoms with E-state index in [-0.39, 0.29) is 18.9 Å². The van der Waals surface area contributed by atoms with E-state index >= 15 is 0 Å². The molecule has 2 aromatic rings. The number of non-ortho nitro benzene ring substituents is 1. The van der Waals surface area contributed by atoms with Gasteiger partial charge in [0.15, 0.2) is 0 Å². The van der Waals surface area contributed by atoms with E-state index in [1.165, 1.54) is 24.3 Å². The number of carbonyl (C=O) groups excluding carboxylic acids is 1. The number of nitrogens with zero attached hydrogens (tertiary/aromatic N) is 1. The Kier molecular flexibility index (Phi) is 4.87. The molecule has 0 aliphatic heterocycles. The molecule has 0 amide bonds. The van der Waals surface area contributed by atoms with Crippen LogP contribution >= 0.6 is 0 Å². The average Bonchev–Trinajstić information content (AvgIpc) is 2.52. The number of rotatable bonds is 6. The molecule has 21 heavy (non-hydrogen) atoms. The fourth-order valence-corrected chi connectivity index (χ4v) is 1.62. The van der Waals surface area contributed by atoms with Crippen LogP contribution in [-0.2, 0) is 4.74 Å². The summed E-state index contributed by atoms with van der Waals surface area (Å²) < 4.78 is 10.4. The predicted octanol–water partition coefficient (Wildman–Crippen LogP) is 2.83. The average molecular weight is 287 g/mol. The second-order valence-electron chi connectivity index (χ2n) is 4.10. The van der Waals surface area contributed by atoms with Gasteiger partial charge in [0.05, 0.1) is 10.5 Å². The first-order valence-corrected chi connectivity index (χ1v) is 6.26. The minimum atomic E-state index is -0.481. The highest BCUT2D eigenvalue weighted by atomic mass is 16.6. The van der Waals surface area contributed by atoms with Gasteiger partial charge in [-0.3, -0.25) is 10.1 Å². The lowest BCUT2D eigenvalue weighted by Crippen LogP contribution is -2.12. The summed E-state index contributed by atoms with van der Waals surface area (Å²) >= 11 is 0. The fraction of sp³-hybridized carbons (Fsp3) is 0.133. The maximum absolute atomic E-state index is 11.6. The van der Waals surface area contributed by atoms with Crippen molar-refractivity contribution in [2.75, 3.05) is 13.2 Å².